The fourth-order valence-electron chi connectivity index (χ4n) is 3.38. The second kappa shape index (κ2) is 12.6. The Morgan fingerprint density at radius 3 is 2.35 bits per heavy atom. The number of hydrogen-bond acceptors (Lipinski definition) is 3. The molecule has 1 aliphatic rings. The maximum absolute atomic E-state index is 5.34. The zero-order valence-electron chi connectivity index (χ0n) is 15.7. The fraction of sp³-hybridized carbons (Fsp3) is 0.944. The van der Waals surface area contributed by atoms with Gasteiger partial charge >= 0.3 is 0 Å². The van der Waals surface area contributed by atoms with E-state index in [2.05, 4.69) is 34.4 Å². The lowest BCUT2D eigenvalue weighted by Gasteiger charge is -2.35. The first kappa shape index (κ1) is 20.2. The third-order valence-corrected chi connectivity index (χ3v) is 4.32. The lowest BCUT2D eigenvalue weighted by molar-refractivity contribution is 0.140. The summed E-state index contributed by atoms with van der Waals surface area (Å²) in [5.41, 5.74) is 0. The second-order valence-corrected chi connectivity index (χ2v) is 6.89. The highest BCUT2D eigenvalue weighted by molar-refractivity contribution is 5.79. The number of nitrogens with one attached hydrogen (secondary N) is 2. The zero-order valence-corrected chi connectivity index (χ0v) is 15.7. The highest BCUT2D eigenvalue weighted by Gasteiger charge is 2.20. The van der Waals surface area contributed by atoms with Crippen molar-refractivity contribution < 1.29 is 4.74 Å². The molecule has 0 bridgehead atoms. The van der Waals surface area contributed by atoms with Crippen LogP contribution in [0.3, 0.4) is 0 Å². The molecule has 1 aliphatic heterocycles. The molecule has 1 fully saturated rings. The minimum atomic E-state index is 0.811. The molecule has 136 valence electrons. The van der Waals surface area contributed by atoms with E-state index in [-0.39, 0.29) is 0 Å². The highest BCUT2D eigenvalue weighted by Crippen LogP contribution is 2.20. The van der Waals surface area contributed by atoms with Gasteiger partial charge in [0.1, 0.15) is 0 Å². The van der Waals surface area contributed by atoms with Gasteiger partial charge in [-0.3, -0.25) is 4.99 Å². The van der Waals surface area contributed by atoms with Crippen LogP contribution in [0.15, 0.2) is 4.99 Å². The summed E-state index contributed by atoms with van der Waals surface area (Å²) in [4.78, 5) is 6.90. The average Bonchev–Trinajstić information content (AvgIpc) is 2.51. The summed E-state index contributed by atoms with van der Waals surface area (Å²) in [6.45, 7) is 14.1. The van der Waals surface area contributed by atoms with Gasteiger partial charge in [0.05, 0.1) is 0 Å². The predicted octanol–water partition coefficient (Wildman–Crippen LogP) is 2.34. The van der Waals surface area contributed by atoms with Crippen molar-refractivity contribution in [3.05, 3.63) is 0 Å². The molecule has 0 aliphatic carbocycles. The lowest BCUT2D eigenvalue weighted by atomic mass is 9.92. The molecule has 23 heavy (non-hydrogen) atoms. The minimum Gasteiger partial charge on any atom is -0.382 e. The first-order valence-electron chi connectivity index (χ1n) is 9.40. The first-order chi connectivity index (χ1) is 11.2. The van der Waals surface area contributed by atoms with E-state index in [0.717, 1.165) is 56.9 Å². The van der Waals surface area contributed by atoms with Crippen LogP contribution in [0.4, 0.5) is 0 Å². The van der Waals surface area contributed by atoms with Crippen LogP contribution in [0.25, 0.3) is 0 Å². The maximum Gasteiger partial charge on any atom is 0.190 e. The zero-order chi connectivity index (χ0) is 16.9. The molecule has 1 rings (SSSR count). The van der Waals surface area contributed by atoms with Gasteiger partial charge in [0.15, 0.2) is 5.96 Å². The molecule has 0 saturated carbocycles. The molecule has 2 unspecified atom stereocenters. The summed E-state index contributed by atoms with van der Waals surface area (Å²) in [6, 6.07) is 0. The number of piperidine rings is 1. The van der Waals surface area contributed by atoms with E-state index in [1.165, 1.54) is 32.5 Å². The molecule has 0 spiro atoms. The van der Waals surface area contributed by atoms with Gasteiger partial charge in [-0.15, -0.1) is 0 Å². The van der Waals surface area contributed by atoms with Crippen LogP contribution in [0, 0.1) is 11.8 Å². The van der Waals surface area contributed by atoms with E-state index in [9.17, 15) is 0 Å². The monoisotopic (exact) mass is 326 g/mol. The molecule has 2 atom stereocenters. The van der Waals surface area contributed by atoms with Crippen LogP contribution in [0.2, 0.25) is 0 Å². The van der Waals surface area contributed by atoms with Crippen molar-refractivity contribution >= 4 is 5.96 Å². The van der Waals surface area contributed by atoms with Crippen LogP contribution < -0.4 is 10.6 Å². The molecular weight excluding hydrogens is 288 g/mol. The van der Waals surface area contributed by atoms with Crippen molar-refractivity contribution in [2.24, 2.45) is 16.8 Å². The number of aliphatic imine (C=N–C) groups is 1. The Balaban J connectivity index is 2.04. The first-order valence-corrected chi connectivity index (χ1v) is 9.40. The van der Waals surface area contributed by atoms with Crippen molar-refractivity contribution in [3.63, 3.8) is 0 Å². The van der Waals surface area contributed by atoms with Crippen molar-refractivity contribution in [2.75, 3.05) is 53.0 Å². The Hall–Kier alpha value is -0.810. The normalized spacial score (nSPS) is 23.0. The number of unbranched alkanes of at least 4 members (excludes halogenated alkanes) is 1. The van der Waals surface area contributed by atoms with Gasteiger partial charge in [0.25, 0.3) is 0 Å². The number of hydrogen-bond donors (Lipinski definition) is 2. The topological polar surface area (TPSA) is 48.9 Å². The predicted molar refractivity (Wildman–Crippen MR) is 99.1 cm³/mol. The van der Waals surface area contributed by atoms with Crippen LogP contribution in [0.5, 0.6) is 0 Å². The van der Waals surface area contributed by atoms with E-state index >= 15 is 0 Å². The number of ether oxygens (including phenoxy) is 1. The smallest absolute Gasteiger partial charge is 0.190 e. The number of rotatable bonds is 10. The standard InChI is InChI=1S/C18H38N4O/c1-5-23-12-7-6-9-20-18(19-4)21-10-8-11-22-14-16(2)13-17(3)15-22/h16-17H,5-15H2,1-4H3,(H2,19,20,21). The number of guanidine groups is 1. The van der Waals surface area contributed by atoms with Gasteiger partial charge in [-0.2, -0.15) is 0 Å². The van der Waals surface area contributed by atoms with E-state index in [1.807, 2.05) is 14.0 Å². The van der Waals surface area contributed by atoms with Gasteiger partial charge in [0, 0.05) is 46.4 Å². The molecule has 0 aromatic carbocycles. The molecule has 0 amide bonds. The Morgan fingerprint density at radius 2 is 1.74 bits per heavy atom. The summed E-state index contributed by atoms with van der Waals surface area (Å²) in [5, 5.41) is 6.78. The summed E-state index contributed by atoms with van der Waals surface area (Å²) >= 11 is 0. The van der Waals surface area contributed by atoms with Gasteiger partial charge in [-0.25, -0.2) is 0 Å². The van der Waals surface area contributed by atoms with Gasteiger partial charge in [-0.1, -0.05) is 13.8 Å². The molecule has 5 heteroatoms. The van der Waals surface area contributed by atoms with Gasteiger partial charge in [-0.05, 0) is 51.0 Å². The Bertz CT molecular complexity index is 312. The quantitative estimate of drug-likeness (QED) is 0.367. The molecule has 0 aromatic rings. The lowest BCUT2D eigenvalue weighted by Crippen LogP contribution is -2.41. The number of likely N-dealkylation sites (tertiary alicyclic amines) is 1. The van der Waals surface area contributed by atoms with Crippen LogP contribution in [-0.2, 0) is 4.74 Å². The second-order valence-electron chi connectivity index (χ2n) is 6.89. The summed E-state index contributed by atoms with van der Waals surface area (Å²) < 4.78 is 5.34. The Kier molecular flexibility index (Phi) is 11.1. The summed E-state index contributed by atoms with van der Waals surface area (Å²) in [5.74, 6) is 2.61. The largest absolute Gasteiger partial charge is 0.382 e. The molecular formula is C18H38N4O. The fourth-order valence-corrected chi connectivity index (χ4v) is 3.38. The molecule has 0 radical (unpaired) electrons. The van der Waals surface area contributed by atoms with Crippen molar-refractivity contribution in [3.8, 4) is 0 Å². The molecule has 1 heterocycles. The molecule has 1 saturated heterocycles. The van der Waals surface area contributed by atoms with Crippen LogP contribution >= 0.6 is 0 Å². The minimum absolute atomic E-state index is 0.811. The highest BCUT2D eigenvalue weighted by atomic mass is 16.5. The number of nitrogens with zero attached hydrogens (tertiary/aromatic N) is 2. The van der Waals surface area contributed by atoms with Crippen molar-refractivity contribution in [2.45, 2.75) is 46.5 Å². The average molecular weight is 327 g/mol. The van der Waals surface area contributed by atoms with Gasteiger partial charge < -0.3 is 20.3 Å². The van der Waals surface area contributed by atoms with E-state index < -0.39 is 0 Å². The summed E-state index contributed by atoms with van der Waals surface area (Å²) in [7, 11) is 1.84. The van der Waals surface area contributed by atoms with Crippen molar-refractivity contribution in [1.82, 2.24) is 15.5 Å². The Morgan fingerprint density at radius 1 is 1.09 bits per heavy atom. The third-order valence-electron chi connectivity index (χ3n) is 4.32. The van der Waals surface area contributed by atoms with Crippen LogP contribution in [0.1, 0.15) is 46.5 Å². The molecule has 0 aromatic heterocycles. The van der Waals surface area contributed by atoms with Crippen LogP contribution in [-0.4, -0.2) is 63.8 Å². The molecule has 5 nitrogen and oxygen atoms in total. The molecule has 2 N–H and O–H groups in total. The van der Waals surface area contributed by atoms with E-state index in [1.54, 1.807) is 0 Å². The SMILES string of the molecule is CCOCCCCNC(=NC)NCCCN1CC(C)CC(C)C1. The van der Waals surface area contributed by atoms with Crippen molar-refractivity contribution in [1.29, 1.82) is 0 Å². The third kappa shape index (κ3) is 9.82. The maximum atomic E-state index is 5.34. The summed E-state index contributed by atoms with van der Waals surface area (Å²) in [6.07, 6.45) is 4.77. The van der Waals surface area contributed by atoms with E-state index in [0.29, 0.717) is 0 Å². The van der Waals surface area contributed by atoms with E-state index in [4.69, 9.17) is 4.74 Å². The Labute approximate surface area is 143 Å². The van der Waals surface area contributed by atoms with Gasteiger partial charge in [0.2, 0.25) is 0 Å².